The predicted octanol–water partition coefficient (Wildman–Crippen LogP) is 2.64. The third kappa shape index (κ3) is 1.66. The second kappa shape index (κ2) is 4.35. The van der Waals surface area contributed by atoms with E-state index < -0.39 is 0 Å². The van der Waals surface area contributed by atoms with Crippen LogP contribution in [0.5, 0.6) is 0 Å². The number of rotatable bonds is 3. The largest absolute Gasteiger partial charge is 0.411 e. The summed E-state index contributed by atoms with van der Waals surface area (Å²) in [4.78, 5) is 0. The van der Waals surface area contributed by atoms with E-state index in [1.165, 1.54) is 0 Å². The fourth-order valence-electron chi connectivity index (χ4n) is 1.82. The van der Waals surface area contributed by atoms with E-state index in [1.54, 1.807) is 6.92 Å². The molecule has 84 valence electrons. The Hall–Kier alpha value is -1.84. The van der Waals surface area contributed by atoms with Crippen molar-refractivity contribution in [2.75, 3.05) is 0 Å². The summed E-state index contributed by atoms with van der Waals surface area (Å²) in [6.45, 7) is 4.74. The number of aromatic nitrogens is 2. The van der Waals surface area contributed by atoms with Gasteiger partial charge in [-0.1, -0.05) is 30.3 Å². The summed E-state index contributed by atoms with van der Waals surface area (Å²) < 4.78 is 1.96. The predicted molar refractivity (Wildman–Crippen MR) is 64.0 cm³/mol. The molecule has 0 unspecified atom stereocenters. The topological polar surface area (TPSA) is 50.4 Å². The van der Waals surface area contributed by atoms with Crippen LogP contribution in [0, 0.1) is 0 Å². The van der Waals surface area contributed by atoms with Crippen LogP contribution in [0.25, 0.3) is 10.9 Å². The Kier molecular flexibility index (Phi) is 2.90. The van der Waals surface area contributed by atoms with Crippen LogP contribution in [0.1, 0.15) is 26.0 Å². The van der Waals surface area contributed by atoms with Crippen molar-refractivity contribution in [2.24, 2.45) is 5.16 Å². The highest BCUT2D eigenvalue weighted by atomic mass is 16.4. The number of nitrogens with zero attached hydrogens (tertiary/aromatic N) is 3. The number of hydrogen-bond acceptors (Lipinski definition) is 3. The van der Waals surface area contributed by atoms with Gasteiger partial charge < -0.3 is 5.21 Å². The van der Waals surface area contributed by atoms with Crippen molar-refractivity contribution in [1.82, 2.24) is 9.78 Å². The van der Waals surface area contributed by atoms with Crippen molar-refractivity contribution >= 4 is 16.6 Å². The molecule has 0 aliphatic rings. The SMILES string of the molecule is CCCn1nc(/C(C)=N\O)c2ccccc21. The number of hydrogen-bond donors (Lipinski definition) is 1. The highest BCUT2D eigenvalue weighted by Gasteiger charge is 2.11. The van der Waals surface area contributed by atoms with Gasteiger partial charge in [-0.15, -0.1) is 0 Å². The normalized spacial score (nSPS) is 12.2. The average Bonchev–Trinajstić information content (AvgIpc) is 2.68. The lowest BCUT2D eigenvalue weighted by atomic mass is 10.1. The molecule has 4 nitrogen and oxygen atoms in total. The van der Waals surface area contributed by atoms with Gasteiger partial charge in [-0.25, -0.2) is 0 Å². The Labute approximate surface area is 94.2 Å². The minimum absolute atomic E-state index is 0.547. The molecule has 0 spiro atoms. The highest BCUT2D eigenvalue weighted by molar-refractivity contribution is 6.07. The van der Waals surface area contributed by atoms with Crippen LogP contribution in [-0.2, 0) is 6.54 Å². The quantitative estimate of drug-likeness (QED) is 0.488. The van der Waals surface area contributed by atoms with E-state index in [-0.39, 0.29) is 0 Å². The first-order chi connectivity index (χ1) is 7.77. The van der Waals surface area contributed by atoms with Crippen molar-refractivity contribution in [2.45, 2.75) is 26.8 Å². The van der Waals surface area contributed by atoms with E-state index in [0.717, 1.165) is 29.6 Å². The lowest BCUT2D eigenvalue weighted by molar-refractivity contribution is 0.319. The zero-order valence-corrected chi connectivity index (χ0v) is 9.51. The van der Waals surface area contributed by atoms with Gasteiger partial charge in [0.15, 0.2) is 0 Å². The lowest BCUT2D eigenvalue weighted by Gasteiger charge is -1.98. The van der Waals surface area contributed by atoms with Gasteiger partial charge in [0, 0.05) is 11.9 Å². The summed E-state index contributed by atoms with van der Waals surface area (Å²) in [6.07, 6.45) is 1.03. The van der Waals surface area contributed by atoms with Gasteiger partial charge >= 0.3 is 0 Å². The van der Waals surface area contributed by atoms with Crippen molar-refractivity contribution in [3.8, 4) is 0 Å². The van der Waals surface area contributed by atoms with Crippen molar-refractivity contribution in [3.05, 3.63) is 30.0 Å². The highest BCUT2D eigenvalue weighted by Crippen LogP contribution is 2.19. The number of oxime groups is 1. The van der Waals surface area contributed by atoms with Crippen molar-refractivity contribution in [3.63, 3.8) is 0 Å². The zero-order chi connectivity index (χ0) is 11.5. The van der Waals surface area contributed by atoms with E-state index in [0.29, 0.717) is 5.71 Å². The molecule has 16 heavy (non-hydrogen) atoms. The molecule has 1 N–H and O–H groups in total. The maximum absolute atomic E-state index is 8.83. The summed E-state index contributed by atoms with van der Waals surface area (Å²) in [5, 5.41) is 17.6. The smallest absolute Gasteiger partial charge is 0.117 e. The number of aryl methyl sites for hydroxylation is 1. The second-order valence-corrected chi connectivity index (χ2v) is 3.77. The first-order valence-corrected chi connectivity index (χ1v) is 5.42. The summed E-state index contributed by atoms with van der Waals surface area (Å²) in [6, 6.07) is 7.99. The second-order valence-electron chi connectivity index (χ2n) is 3.77. The minimum atomic E-state index is 0.547. The summed E-state index contributed by atoms with van der Waals surface area (Å²) in [5.41, 5.74) is 2.39. The molecule has 0 bridgehead atoms. The zero-order valence-electron chi connectivity index (χ0n) is 9.51. The van der Waals surface area contributed by atoms with Crippen LogP contribution in [0.15, 0.2) is 29.4 Å². The van der Waals surface area contributed by atoms with Crippen molar-refractivity contribution in [1.29, 1.82) is 0 Å². The molecule has 2 aromatic rings. The molecule has 0 atom stereocenters. The molecule has 1 aromatic carbocycles. The van der Waals surface area contributed by atoms with E-state index >= 15 is 0 Å². The van der Waals surface area contributed by atoms with Crippen molar-refractivity contribution < 1.29 is 5.21 Å². The Morgan fingerprint density at radius 2 is 2.19 bits per heavy atom. The third-order valence-electron chi connectivity index (χ3n) is 2.59. The van der Waals surface area contributed by atoms with Gasteiger partial charge in [-0.3, -0.25) is 4.68 Å². The molecule has 1 heterocycles. The fourth-order valence-corrected chi connectivity index (χ4v) is 1.82. The summed E-state index contributed by atoms with van der Waals surface area (Å²) in [5.74, 6) is 0. The van der Waals surface area contributed by atoms with Gasteiger partial charge in [0.1, 0.15) is 11.4 Å². The molecular weight excluding hydrogens is 202 g/mol. The average molecular weight is 217 g/mol. The van der Waals surface area contributed by atoms with Crippen LogP contribution in [-0.4, -0.2) is 20.7 Å². The van der Waals surface area contributed by atoms with Crippen LogP contribution < -0.4 is 0 Å². The molecule has 2 rings (SSSR count). The molecule has 0 radical (unpaired) electrons. The first kappa shape index (κ1) is 10.7. The van der Waals surface area contributed by atoms with Crippen LogP contribution >= 0.6 is 0 Å². The van der Waals surface area contributed by atoms with E-state index in [9.17, 15) is 0 Å². The van der Waals surface area contributed by atoms with E-state index in [1.807, 2.05) is 28.9 Å². The standard InChI is InChI=1S/C12H15N3O/c1-3-8-15-11-7-5-4-6-10(11)12(13-15)9(2)14-16/h4-7,16H,3,8H2,1-2H3/b14-9-. The molecule has 0 amide bonds. The van der Waals surface area contributed by atoms with Gasteiger partial charge in [-0.2, -0.15) is 5.10 Å². The fraction of sp³-hybridized carbons (Fsp3) is 0.333. The number of para-hydroxylation sites is 1. The van der Waals surface area contributed by atoms with Crippen LogP contribution in [0.3, 0.4) is 0 Å². The summed E-state index contributed by atoms with van der Waals surface area (Å²) in [7, 11) is 0. The van der Waals surface area contributed by atoms with Gasteiger partial charge in [0.05, 0.1) is 5.52 Å². The van der Waals surface area contributed by atoms with Gasteiger partial charge in [0.25, 0.3) is 0 Å². The molecule has 4 heteroatoms. The maximum Gasteiger partial charge on any atom is 0.117 e. The number of benzene rings is 1. The molecule has 0 aliphatic heterocycles. The van der Waals surface area contributed by atoms with Crippen LogP contribution in [0.2, 0.25) is 0 Å². The first-order valence-electron chi connectivity index (χ1n) is 5.42. The van der Waals surface area contributed by atoms with E-state index in [2.05, 4.69) is 17.2 Å². The monoisotopic (exact) mass is 217 g/mol. The van der Waals surface area contributed by atoms with Crippen LogP contribution in [0.4, 0.5) is 0 Å². The minimum Gasteiger partial charge on any atom is -0.411 e. The Morgan fingerprint density at radius 3 is 2.88 bits per heavy atom. The molecule has 0 fully saturated rings. The Morgan fingerprint density at radius 1 is 1.44 bits per heavy atom. The maximum atomic E-state index is 8.83. The van der Waals surface area contributed by atoms with Gasteiger partial charge in [0.2, 0.25) is 0 Å². The number of fused-ring (bicyclic) bond motifs is 1. The molecule has 1 aromatic heterocycles. The Balaban J connectivity index is 2.66. The Bertz CT molecular complexity index is 528. The molecule has 0 saturated heterocycles. The summed E-state index contributed by atoms with van der Waals surface area (Å²) >= 11 is 0. The molecule has 0 aliphatic carbocycles. The third-order valence-corrected chi connectivity index (χ3v) is 2.59. The lowest BCUT2D eigenvalue weighted by Crippen LogP contribution is -2.01. The molecule has 0 saturated carbocycles. The van der Waals surface area contributed by atoms with Gasteiger partial charge in [-0.05, 0) is 19.4 Å². The van der Waals surface area contributed by atoms with E-state index in [4.69, 9.17) is 5.21 Å². The molecular formula is C12H15N3O.